The van der Waals surface area contributed by atoms with Crippen LogP contribution < -0.4 is 4.90 Å². The molecule has 0 fully saturated rings. The van der Waals surface area contributed by atoms with E-state index in [1.54, 1.807) is 6.20 Å². The molecule has 1 aromatic carbocycles. The second-order valence-electron chi connectivity index (χ2n) is 5.89. The molecule has 0 aliphatic carbocycles. The van der Waals surface area contributed by atoms with Crippen LogP contribution in [0.1, 0.15) is 18.1 Å². The van der Waals surface area contributed by atoms with Gasteiger partial charge in [0.25, 0.3) is 0 Å². The molecular weight excluding hydrogens is 292 g/mol. The summed E-state index contributed by atoms with van der Waals surface area (Å²) in [7, 11) is 4.21. The van der Waals surface area contributed by atoms with E-state index in [0.29, 0.717) is 17.0 Å². The molecule has 2 heterocycles. The largest absolute Gasteiger partial charge is 0.358 e. The lowest BCUT2D eigenvalue weighted by molar-refractivity contribution is 0.308. The van der Waals surface area contributed by atoms with Crippen molar-refractivity contribution in [3.63, 3.8) is 0 Å². The van der Waals surface area contributed by atoms with E-state index in [2.05, 4.69) is 72.5 Å². The Morgan fingerprint density at radius 1 is 1.41 bits per heavy atom. The first kappa shape index (κ1) is 15.0. The maximum Gasteiger partial charge on any atom is 0.101 e. The highest BCUT2D eigenvalue weighted by atomic mass is 32.2. The Morgan fingerprint density at radius 3 is 2.86 bits per heavy atom. The van der Waals surface area contributed by atoms with Gasteiger partial charge < -0.3 is 14.8 Å². The van der Waals surface area contributed by atoms with Crippen molar-refractivity contribution in [2.45, 2.75) is 25.3 Å². The standard InChI is InChI=1S/C17H20N4S/c1-11-5-6-14(16-15(11)13(9-18)10-19-16)21-7-8-22-17(21)12(2)20(3)4/h5-8,10,12,17,19H,1-4H3. The number of hydrogen-bond donors (Lipinski definition) is 1. The van der Waals surface area contributed by atoms with Crippen LogP contribution in [0.15, 0.2) is 29.9 Å². The molecule has 1 aliphatic heterocycles. The highest BCUT2D eigenvalue weighted by Crippen LogP contribution is 2.38. The molecule has 4 nitrogen and oxygen atoms in total. The number of nitrogens with one attached hydrogen (secondary N) is 1. The summed E-state index contributed by atoms with van der Waals surface area (Å²) < 4.78 is 0. The van der Waals surface area contributed by atoms with E-state index >= 15 is 0 Å². The van der Waals surface area contributed by atoms with Crippen molar-refractivity contribution in [3.05, 3.63) is 41.1 Å². The van der Waals surface area contributed by atoms with Gasteiger partial charge in [-0.05, 0) is 45.0 Å². The number of nitrogens with zero attached hydrogens (tertiary/aromatic N) is 3. The van der Waals surface area contributed by atoms with Crippen LogP contribution in [0.2, 0.25) is 0 Å². The van der Waals surface area contributed by atoms with E-state index in [1.165, 1.54) is 0 Å². The zero-order valence-corrected chi connectivity index (χ0v) is 14.1. The zero-order chi connectivity index (χ0) is 15.9. The average molecular weight is 312 g/mol. The molecule has 0 radical (unpaired) electrons. The highest BCUT2D eigenvalue weighted by Gasteiger charge is 2.29. The van der Waals surface area contributed by atoms with Crippen molar-refractivity contribution in [2.75, 3.05) is 19.0 Å². The fourth-order valence-electron chi connectivity index (χ4n) is 2.86. The molecule has 2 unspecified atom stereocenters. The minimum Gasteiger partial charge on any atom is -0.358 e. The number of hydrogen-bond acceptors (Lipinski definition) is 4. The van der Waals surface area contributed by atoms with Crippen LogP contribution in [0.4, 0.5) is 5.69 Å². The van der Waals surface area contributed by atoms with Gasteiger partial charge in [0.1, 0.15) is 6.07 Å². The molecule has 22 heavy (non-hydrogen) atoms. The Labute approximate surface area is 135 Å². The number of H-pyrrole nitrogens is 1. The number of fused-ring (bicyclic) bond motifs is 1. The van der Waals surface area contributed by atoms with E-state index < -0.39 is 0 Å². The monoisotopic (exact) mass is 312 g/mol. The molecule has 0 spiro atoms. The van der Waals surface area contributed by atoms with Crippen LogP contribution >= 0.6 is 11.8 Å². The number of thioether (sulfide) groups is 1. The topological polar surface area (TPSA) is 46.1 Å². The molecule has 2 atom stereocenters. The molecule has 114 valence electrons. The van der Waals surface area contributed by atoms with Crippen molar-refractivity contribution in [1.29, 1.82) is 5.26 Å². The van der Waals surface area contributed by atoms with E-state index in [1.807, 2.05) is 11.8 Å². The number of aromatic amines is 1. The smallest absolute Gasteiger partial charge is 0.101 e. The second-order valence-corrected chi connectivity index (χ2v) is 6.92. The molecule has 0 saturated heterocycles. The van der Waals surface area contributed by atoms with Crippen molar-refractivity contribution >= 4 is 28.4 Å². The van der Waals surface area contributed by atoms with Gasteiger partial charge in [0, 0.05) is 23.8 Å². The lowest BCUT2D eigenvalue weighted by Gasteiger charge is -2.33. The Hall–Kier alpha value is -1.90. The van der Waals surface area contributed by atoms with Crippen LogP contribution in [-0.4, -0.2) is 35.4 Å². The van der Waals surface area contributed by atoms with Crippen LogP contribution in [0, 0.1) is 18.3 Å². The SMILES string of the molecule is Cc1ccc(N2C=CSC2C(C)N(C)C)c2[nH]cc(C#N)c12. The maximum atomic E-state index is 9.31. The highest BCUT2D eigenvalue weighted by molar-refractivity contribution is 8.03. The molecule has 0 amide bonds. The quantitative estimate of drug-likeness (QED) is 0.940. The van der Waals surface area contributed by atoms with Gasteiger partial charge in [0.15, 0.2) is 0 Å². The van der Waals surface area contributed by atoms with Crippen molar-refractivity contribution in [3.8, 4) is 6.07 Å². The Bertz CT molecular complexity index is 769. The minimum atomic E-state index is 0.328. The average Bonchev–Trinajstić information content (AvgIpc) is 3.13. The van der Waals surface area contributed by atoms with Crippen molar-refractivity contribution in [1.82, 2.24) is 9.88 Å². The van der Waals surface area contributed by atoms with Crippen LogP contribution in [-0.2, 0) is 0 Å². The van der Waals surface area contributed by atoms with E-state index in [0.717, 1.165) is 22.2 Å². The second kappa shape index (κ2) is 5.71. The lowest BCUT2D eigenvalue weighted by atomic mass is 10.1. The predicted octanol–water partition coefficient (Wildman–Crippen LogP) is 3.65. The summed E-state index contributed by atoms with van der Waals surface area (Å²) in [5.74, 6) is 0. The zero-order valence-electron chi connectivity index (χ0n) is 13.3. The Balaban J connectivity index is 2.11. The third-order valence-corrected chi connectivity index (χ3v) is 5.54. The first-order chi connectivity index (χ1) is 10.5. The molecule has 1 aliphatic rings. The molecule has 0 bridgehead atoms. The van der Waals surface area contributed by atoms with Crippen LogP contribution in [0.5, 0.6) is 0 Å². The van der Waals surface area contributed by atoms with Crippen LogP contribution in [0.3, 0.4) is 0 Å². The fraction of sp³-hybridized carbons (Fsp3) is 0.353. The van der Waals surface area contributed by atoms with Gasteiger partial charge in [-0.15, -0.1) is 11.8 Å². The normalized spacial score (nSPS) is 19.1. The third kappa shape index (κ3) is 2.29. The molecule has 0 saturated carbocycles. The molecule has 5 heteroatoms. The number of aromatic nitrogens is 1. The number of aryl methyl sites for hydroxylation is 1. The first-order valence-electron chi connectivity index (χ1n) is 7.32. The number of benzene rings is 1. The van der Waals surface area contributed by atoms with Gasteiger partial charge in [-0.3, -0.25) is 0 Å². The first-order valence-corrected chi connectivity index (χ1v) is 8.26. The van der Waals surface area contributed by atoms with Gasteiger partial charge in [-0.1, -0.05) is 6.07 Å². The Kier molecular flexibility index (Phi) is 3.90. The number of anilines is 1. The molecule has 3 rings (SSSR count). The van der Waals surface area contributed by atoms with Gasteiger partial charge in [-0.2, -0.15) is 5.26 Å². The summed E-state index contributed by atoms with van der Waals surface area (Å²) in [5, 5.41) is 12.8. The molecule has 1 N–H and O–H groups in total. The summed E-state index contributed by atoms with van der Waals surface area (Å²) in [6.45, 7) is 4.29. The van der Waals surface area contributed by atoms with Crippen LogP contribution in [0.25, 0.3) is 10.9 Å². The summed E-state index contributed by atoms with van der Waals surface area (Å²) in [6, 6.07) is 6.92. The Morgan fingerprint density at radius 2 is 2.18 bits per heavy atom. The molecule has 2 aromatic rings. The van der Waals surface area contributed by atoms with Gasteiger partial charge in [0.2, 0.25) is 0 Å². The third-order valence-electron chi connectivity index (χ3n) is 4.36. The van der Waals surface area contributed by atoms with Crippen molar-refractivity contribution < 1.29 is 0 Å². The lowest BCUT2D eigenvalue weighted by Crippen LogP contribution is -2.42. The predicted molar refractivity (Wildman–Crippen MR) is 93.9 cm³/mol. The maximum absolute atomic E-state index is 9.31. The molecular formula is C17H20N4S. The van der Waals surface area contributed by atoms with Crippen molar-refractivity contribution in [2.24, 2.45) is 0 Å². The minimum absolute atomic E-state index is 0.328. The molecule has 1 aromatic heterocycles. The number of rotatable bonds is 3. The van der Waals surface area contributed by atoms with Gasteiger partial charge >= 0.3 is 0 Å². The van der Waals surface area contributed by atoms with E-state index in [-0.39, 0.29) is 0 Å². The number of likely N-dealkylation sites (N-methyl/N-ethyl adjacent to an activating group) is 1. The van der Waals surface area contributed by atoms with Gasteiger partial charge in [0.05, 0.1) is 22.1 Å². The van der Waals surface area contributed by atoms with E-state index in [4.69, 9.17) is 0 Å². The summed E-state index contributed by atoms with van der Waals surface area (Å²) in [5.41, 5.74) is 4.01. The van der Waals surface area contributed by atoms with Gasteiger partial charge in [-0.25, -0.2) is 0 Å². The number of nitriles is 1. The summed E-state index contributed by atoms with van der Waals surface area (Å²) in [6.07, 6.45) is 3.94. The fourth-order valence-corrected chi connectivity index (χ4v) is 4.01. The van der Waals surface area contributed by atoms with E-state index in [9.17, 15) is 5.26 Å². The summed E-state index contributed by atoms with van der Waals surface area (Å²) >= 11 is 1.83. The summed E-state index contributed by atoms with van der Waals surface area (Å²) in [4.78, 5) is 7.83.